The second-order valence-corrected chi connectivity index (χ2v) is 9.34. The van der Waals surface area contributed by atoms with Crippen molar-refractivity contribution in [2.75, 3.05) is 19.8 Å². The number of nitrogens with one attached hydrogen (secondary N) is 1. The van der Waals surface area contributed by atoms with Gasteiger partial charge in [-0.25, -0.2) is 4.79 Å². The van der Waals surface area contributed by atoms with Crippen molar-refractivity contribution >= 4 is 22.8 Å². The largest absolute Gasteiger partial charge is 0.493 e. The molecule has 192 valence electrons. The van der Waals surface area contributed by atoms with Crippen molar-refractivity contribution in [3.8, 4) is 11.5 Å². The van der Waals surface area contributed by atoms with E-state index in [9.17, 15) is 9.59 Å². The summed E-state index contributed by atoms with van der Waals surface area (Å²) in [6.07, 6.45) is 1.07. The van der Waals surface area contributed by atoms with Gasteiger partial charge in [-0.05, 0) is 51.3 Å². The van der Waals surface area contributed by atoms with Crippen molar-refractivity contribution in [1.82, 2.24) is 5.32 Å². The summed E-state index contributed by atoms with van der Waals surface area (Å²) in [5.74, 6) is 1.25. The first-order valence-electron chi connectivity index (χ1n) is 12.3. The average Bonchev–Trinajstić information content (AvgIpc) is 2.85. The number of amides is 1. The summed E-state index contributed by atoms with van der Waals surface area (Å²) in [5, 5.41) is 4.61. The third-order valence-corrected chi connectivity index (χ3v) is 5.11. The lowest BCUT2D eigenvalue weighted by atomic mass is 10.1. The second kappa shape index (κ2) is 13.4. The number of carbonyl (C=O) groups is 2. The molecule has 0 aliphatic carbocycles. The summed E-state index contributed by atoms with van der Waals surface area (Å²) < 4.78 is 22.5. The van der Waals surface area contributed by atoms with Crippen molar-refractivity contribution in [3.63, 3.8) is 0 Å². The summed E-state index contributed by atoms with van der Waals surface area (Å²) in [4.78, 5) is 23.7. The summed E-state index contributed by atoms with van der Waals surface area (Å²) in [6.45, 7) is 7.08. The van der Waals surface area contributed by atoms with Crippen LogP contribution < -0.4 is 14.8 Å². The quantitative estimate of drug-likeness (QED) is 0.245. The van der Waals surface area contributed by atoms with Crippen molar-refractivity contribution in [3.05, 3.63) is 72.3 Å². The van der Waals surface area contributed by atoms with E-state index >= 15 is 0 Å². The van der Waals surface area contributed by atoms with E-state index in [-0.39, 0.29) is 12.6 Å². The van der Waals surface area contributed by atoms with Gasteiger partial charge in [-0.15, -0.1) is 0 Å². The standard InChI is InChI=1S/C29H35NO6/c1-29(2,3)36-28(32)30-18-10-20-34-26-16-8-13-23-24(26)14-7-15-25(23)33-19-9-17-27(31)35-21-22-11-5-4-6-12-22/h4-8,11-16H,9-10,17-21H2,1-3H3,(H,30,32). The maximum absolute atomic E-state index is 12.0. The van der Waals surface area contributed by atoms with Crippen LogP contribution in [0.15, 0.2) is 66.7 Å². The van der Waals surface area contributed by atoms with E-state index in [4.69, 9.17) is 18.9 Å². The highest BCUT2D eigenvalue weighted by Gasteiger charge is 2.15. The number of benzene rings is 3. The summed E-state index contributed by atoms with van der Waals surface area (Å²) in [7, 11) is 0. The first-order chi connectivity index (χ1) is 17.3. The lowest BCUT2D eigenvalue weighted by molar-refractivity contribution is -0.145. The third kappa shape index (κ3) is 9.13. The summed E-state index contributed by atoms with van der Waals surface area (Å²) in [6, 6.07) is 21.2. The first-order valence-corrected chi connectivity index (χ1v) is 12.3. The van der Waals surface area contributed by atoms with E-state index < -0.39 is 11.7 Å². The fourth-order valence-electron chi connectivity index (χ4n) is 3.47. The predicted octanol–water partition coefficient (Wildman–Crippen LogP) is 6.04. The topological polar surface area (TPSA) is 83.1 Å². The molecule has 0 unspecified atom stereocenters. The highest BCUT2D eigenvalue weighted by Crippen LogP contribution is 2.32. The molecule has 7 nitrogen and oxygen atoms in total. The molecular formula is C29H35NO6. The molecule has 1 amide bonds. The fourth-order valence-corrected chi connectivity index (χ4v) is 3.47. The first kappa shape index (κ1) is 26.9. The minimum absolute atomic E-state index is 0.239. The number of esters is 1. The zero-order chi connectivity index (χ0) is 25.8. The maximum atomic E-state index is 12.0. The number of carbonyl (C=O) groups excluding carboxylic acids is 2. The SMILES string of the molecule is CC(C)(C)OC(=O)NCCCOc1cccc2c(OCCCC(=O)OCc3ccccc3)cccc12. The monoisotopic (exact) mass is 493 g/mol. The molecule has 0 atom stereocenters. The minimum Gasteiger partial charge on any atom is -0.493 e. The Hall–Kier alpha value is -3.74. The van der Waals surface area contributed by atoms with Crippen LogP contribution in [0.1, 0.15) is 45.6 Å². The fraction of sp³-hybridized carbons (Fsp3) is 0.379. The number of fused-ring (bicyclic) bond motifs is 1. The van der Waals surface area contributed by atoms with Gasteiger partial charge in [0.15, 0.2) is 0 Å². The van der Waals surface area contributed by atoms with Gasteiger partial charge in [-0.3, -0.25) is 4.79 Å². The number of alkyl carbamates (subject to hydrolysis) is 1. The van der Waals surface area contributed by atoms with Crippen LogP contribution in [0.4, 0.5) is 4.79 Å². The van der Waals surface area contributed by atoms with Gasteiger partial charge in [0.2, 0.25) is 0 Å². The molecular weight excluding hydrogens is 458 g/mol. The Kier molecular flexibility index (Phi) is 9.98. The lowest BCUT2D eigenvalue weighted by Gasteiger charge is -2.19. The van der Waals surface area contributed by atoms with Crippen molar-refractivity contribution in [1.29, 1.82) is 0 Å². The molecule has 0 radical (unpaired) electrons. The van der Waals surface area contributed by atoms with Gasteiger partial charge in [0.25, 0.3) is 0 Å². The molecule has 0 fully saturated rings. The van der Waals surface area contributed by atoms with E-state index in [1.54, 1.807) is 0 Å². The molecule has 0 aliphatic rings. The second-order valence-electron chi connectivity index (χ2n) is 9.34. The van der Waals surface area contributed by atoms with Crippen LogP contribution >= 0.6 is 0 Å². The van der Waals surface area contributed by atoms with Crippen LogP contribution in [-0.4, -0.2) is 37.4 Å². The molecule has 1 N–H and O–H groups in total. The van der Waals surface area contributed by atoms with Gasteiger partial charge >= 0.3 is 12.1 Å². The van der Waals surface area contributed by atoms with E-state index in [1.165, 1.54) is 0 Å². The normalized spacial score (nSPS) is 11.1. The molecule has 0 aliphatic heterocycles. The van der Waals surface area contributed by atoms with Crippen LogP contribution in [0.2, 0.25) is 0 Å². The highest BCUT2D eigenvalue weighted by atomic mass is 16.6. The van der Waals surface area contributed by atoms with E-state index in [1.807, 2.05) is 87.5 Å². The number of hydrogen-bond donors (Lipinski definition) is 1. The van der Waals surface area contributed by atoms with Crippen LogP contribution in [0, 0.1) is 0 Å². The lowest BCUT2D eigenvalue weighted by Crippen LogP contribution is -2.33. The highest BCUT2D eigenvalue weighted by molar-refractivity contribution is 5.93. The van der Waals surface area contributed by atoms with Gasteiger partial charge < -0.3 is 24.3 Å². The third-order valence-electron chi connectivity index (χ3n) is 5.11. The molecule has 0 saturated heterocycles. The Morgan fingerprint density at radius 2 is 1.39 bits per heavy atom. The zero-order valence-corrected chi connectivity index (χ0v) is 21.3. The van der Waals surface area contributed by atoms with Gasteiger partial charge in [0.1, 0.15) is 23.7 Å². The molecule has 0 saturated carbocycles. The molecule has 3 rings (SSSR count). The van der Waals surface area contributed by atoms with Crippen molar-refractivity contribution in [2.24, 2.45) is 0 Å². The van der Waals surface area contributed by atoms with E-state index in [2.05, 4.69) is 5.32 Å². The predicted molar refractivity (Wildman–Crippen MR) is 139 cm³/mol. The van der Waals surface area contributed by atoms with E-state index in [0.717, 1.165) is 27.8 Å². The molecule has 36 heavy (non-hydrogen) atoms. The molecule has 0 aromatic heterocycles. The average molecular weight is 494 g/mol. The summed E-state index contributed by atoms with van der Waals surface area (Å²) >= 11 is 0. The van der Waals surface area contributed by atoms with Gasteiger partial charge in [0, 0.05) is 23.7 Å². The molecule has 3 aromatic rings. The Bertz CT molecular complexity index is 1120. The van der Waals surface area contributed by atoms with Crippen molar-refractivity contribution < 1.29 is 28.5 Å². The Morgan fingerprint density at radius 1 is 0.778 bits per heavy atom. The maximum Gasteiger partial charge on any atom is 0.407 e. The van der Waals surface area contributed by atoms with Crippen LogP contribution in [0.5, 0.6) is 11.5 Å². The van der Waals surface area contributed by atoms with Crippen molar-refractivity contribution in [2.45, 2.75) is 52.2 Å². The molecule has 7 heteroatoms. The van der Waals surface area contributed by atoms with Gasteiger partial charge in [-0.1, -0.05) is 54.6 Å². The van der Waals surface area contributed by atoms with Crippen LogP contribution in [-0.2, 0) is 20.9 Å². The number of hydrogen-bond acceptors (Lipinski definition) is 6. The molecule has 0 heterocycles. The summed E-state index contributed by atoms with van der Waals surface area (Å²) in [5.41, 5.74) is 0.449. The Balaban J connectivity index is 1.42. The van der Waals surface area contributed by atoms with E-state index in [0.29, 0.717) is 39.0 Å². The Morgan fingerprint density at radius 3 is 2.00 bits per heavy atom. The van der Waals surface area contributed by atoms with Gasteiger partial charge in [-0.2, -0.15) is 0 Å². The Labute approximate surface area is 212 Å². The minimum atomic E-state index is -0.519. The number of rotatable bonds is 12. The number of ether oxygens (including phenoxy) is 4. The van der Waals surface area contributed by atoms with Crippen LogP contribution in [0.25, 0.3) is 10.8 Å². The smallest absolute Gasteiger partial charge is 0.407 e. The molecule has 0 bridgehead atoms. The zero-order valence-electron chi connectivity index (χ0n) is 21.3. The van der Waals surface area contributed by atoms with Crippen LogP contribution in [0.3, 0.4) is 0 Å². The molecule has 0 spiro atoms. The van der Waals surface area contributed by atoms with Gasteiger partial charge in [0.05, 0.1) is 13.2 Å². The molecule has 3 aromatic carbocycles.